The lowest BCUT2D eigenvalue weighted by Crippen LogP contribution is -2.46. The van der Waals surface area contributed by atoms with E-state index in [1.54, 1.807) is 6.33 Å². The predicted octanol–water partition coefficient (Wildman–Crippen LogP) is 3.29. The first-order valence-electron chi connectivity index (χ1n) is 10.8. The molecular weight excluding hydrogens is 362 g/mol. The highest BCUT2D eigenvalue weighted by atomic mass is 16.5. The molecule has 6 nitrogen and oxygen atoms in total. The Labute approximate surface area is 172 Å². The summed E-state index contributed by atoms with van der Waals surface area (Å²) in [7, 11) is 0. The van der Waals surface area contributed by atoms with Gasteiger partial charge in [-0.3, -0.25) is 9.89 Å². The average molecular weight is 392 g/mol. The van der Waals surface area contributed by atoms with E-state index in [1.807, 2.05) is 0 Å². The lowest BCUT2D eigenvalue weighted by molar-refractivity contribution is 0.200. The van der Waals surface area contributed by atoms with E-state index in [0.29, 0.717) is 6.54 Å². The van der Waals surface area contributed by atoms with Gasteiger partial charge < -0.3 is 9.64 Å². The van der Waals surface area contributed by atoms with E-state index < -0.39 is 0 Å². The van der Waals surface area contributed by atoms with Crippen LogP contribution in [0.5, 0.6) is 5.75 Å². The van der Waals surface area contributed by atoms with Crippen molar-refractivity contribution in [3.8, 4) is 5.75 Å². The largest absolute Gasteiger partial charge is 0.488 e. The summed E-state index contributed by atoms with van der Waals surface area (Å²) in [6, 6.07) is 8.44. The van der Waals surface area contributed by atoms with Gasteiger partial charge in [-0.1, -0.05) is 13.0 Å². The highest BCUT2D eigenvalue weighted by molar-refractivity contribution is 6.14. The predicted molar refractivity (Wildman–Crippen MR) is 115 cm³/mol. The molecule has 3 heterocycles. The van der Waals surface area contributed by atoms with Gasteiger partial charge in [0, 0.05) is 37.8 Å². The minimum absolute atomic E-state index is 0.0200. The fourth-order valence-corrected chi connectivity index (χ4v) is 4.17. The van der Waals surface area contributed by atoms with Crippen molar-refractivity contribution >= 4 is 11.5 Å². The Morgan fingerprint density at radius 3 is 2.66 bits per heavy atom. The van der Waals surface area contributed by atoms with Crippen molar-refractivity contribution in [2.24, 2.45) is 4.99 Å². The molecule has 152 valence electrons. The Hall–Kier alpha value is -2.47. The minimum atomic E-state index is 0.0200. The SMILES string of the molecule is CCCN1CCN(c2cc(C3=NCc4ccc(OC5(C)CC5)cc43)ncn2)CC1. The van der Waals surface area contributed by atoms with Crippen molar-refractivity contribution in [1.82, 2.24) is 14.9 Å². The van der Waals surface area contributed by atoms with Crippen LogP contribution in [-0.4, -0.2) is 58.9 Å². The van der Waals surface area contributed by atoms with Crippen molar-refractivity contribution in [3.05, 3.63) is 47.4 Å². The zero-order chi connectivity index (χ0) is 19.8. The van der Waals surface area contributed by atoms with E-state index >= 15 is 0 Å². The smallest absolute Gasteiger partial charge is 0.132 e. The molecule has 1 saturated carbocycles. The van der Waals surface area contributed by atoms with Crippen LogP contribution >= 0.6 is 0 Å². The van der Waals surface area contributed by atoms with Gasteiger partial charge in [-0.2, -0.15) is 0 Å². The number of benzene rings is 1. The summed E-state index contributed by atoms with van der Waals surface area (Å²) in [6.07, 6.45) is 5.15. The van der Waals surface area contributed by atoms with Gasteiger partial charge in [0.2, 0.25) is 0 Å². The summed E-state index contributed by atoms with van der Waals surface area (Å²) in [5.41, 5.74) is 4.26. The van der Waals surface area contributed by atoms with Crippen LogP contribution in [0.2, 0.25) is 0 Å². The molecule has 3 aliphatic rings. The van der Waals surface area contributed by atoms with Crippen molar-refractivity contribution in [3.63, 3.8) is 0 Å². The molecule has 2 aromatic rings. The summed E-state index contributed by atoms with van der Waals surface area (Å²) in [4.78, 5) is 18.8. The van der Waals surface area contributed by atoms with E-state index in [-0.39, 0.29) is 5.60 Å². The number of aromatic nitrogens is 2. The second kappa shape index (κ2) is 7.41. The number of hydrogen-bond donors (Lipinski definition) is 0. The first-order valence-corrected chi connectivity index (χ1v) is 10.8. The van der Waals surface area contributed by atoms with Crippen molar-refractivity contribution in [1.29, 1.82) is 0 Å². The molecule has 1 aromatic carbocycles. The molecule has 0 N–H and O–H groups in total. The summed E-state index contributed by atoms with van der Waals surface area (Å²) < 4.78 is 6.17. The maximum Gasteiger partial charge on any atom is 0.132 e. The monoisotopic (exact) mass is 391 g/mol. The Balaban J connectivity index is 1.35. The molecule has 1 saturated heterocycles. The van der Waals surface area contributed by atoms with Crippen LogP contribution in [0, 0.1) is 0 Å². The minimum Gasteiger partial charge on any atom is -0.488 e. The fraction of sp³-hybridized carbons (Fsp3) is 0.522. The van der Waals surface area contributed by atoms with Crippen LogP contribution < -0.4 is 9.64 Å². The summed E-state index contributed by atoms with van der Waals surface area (Å²) in [5, 5.41) is 0. The second-order valence-electron chi connectivity index (χ2n) is 8.63. The van der Waals surface area contributed by atoms with Crippen LogP contribution in [0.4, 0.5) is 5.82 Å². The van der Waals surface area contributed by atoms with Gasteiger partial charge in [-0.25, -0.2) is 9.97 Å². The van der Waals surface area contributed by atoms with Crippen LogP contribution in [-0.2, 0) is 6.54 Å². The average Bonchev–Trinajstić information content (AvgIpc) is 3.31. The third kappa shape index (κ3) is 3.86. The van der Waals surface area contributed by atoms with Gasteiger partial charge in [0.15, 0.2) is 0 Å². The lowest BCUT2D eigenvalue weighted by atomic mass is 10.0. The molecule has 1 aromatic heterocycles. The Morgan fingerprint density at radius 1 is 1.07 bits per heavy atom. The molecule has 0 spiro atoms. The molecule has 0 unspecified atom stereocenters. The van der Waals surface area contributed by atoms with E-state index in [0.717, 1.165) is 67.6 Å². The van der Waals surface area contributed by atoms with Crippen LogP contribution in [0.25, 0.3) is 0 Å². The first-order chi connectivity index (χ1) is 14.1. The maximum absolute atomic E-state index is 6.17. The molecule has 0 atom stereocenters. The molecule has 5 rings (SSSR count). The van der Waals surface area contributed by atoms with Crippen molar-refractivity contribution < 1.29 is 4.74 Å². The molecule has 2 aliphatic heterocycles. The highest BCUT2D eigenvalue weighted by Crippen LogP contribution is 2.40. The maximum atomic E-state index is 6.17. The topological polar surface area (TPSA) is 53.9 Å². The van der Waals surface area contributed by atoms with Crippen LogP contribution in [0.3, 0.4) is 0 Å². The Bertz CT molecular complexity index is 929. The third-order valence-corrected chi connectivity index (χ3v) is 6.19. The number of piperazine rings is 1. The van der Waals surface area contributed by atoms with E-state index in [2.05, 4.69) is 57.9 Å². The number of ether oxygens (including phenoxy) is 1. The Kier molecular flexibility index (Phi) is 4.74. The number of hydrogen-bond acceptors (Lipinski definition) is 6. The number of nitrogens with zero attached hydrogens (tertiary/aromatic N) is 5. The van der Waals surface area contributed by atoms with E-state index in [1.165, 1.54) is 18.5 Å². The highest BCUT2D eigenvalue weighted by Gasteiger charge is 2.40. The van der Waals surface area contributed by atoms with Gasteiger partial charge in [0.25, 0.3) is 0 Å². The molecule has 0 radical (unpaired) electrons. The first kappa shape index (κ1) is 18.6. The van der Waals surface area contributed by atoms with Crippen molar-refractivity contribution in [2.45, 2.75) is 45.3 Å². The fourth-order valence-electron chi connectivity index (χ4n) is 4.17. The molecular formula is C23H29N5O. The standard InChI is InChI=1S/C23H29N5O/c1-3-8-27-9-11-28(12-10-27)21-14-20(25-16-26-21)22-19-13-18(29-23(2)6-7-23)5-4-17(19)15-24-22/h4-5,13-14,16H,3,6-12,15H2,1-2H3. The van der Waals surface area contributed by atoms with E-state index in [9.17, 15) is 0 Å². The number of aliphatic imine (C=N–C) groups is 1. The second-order valence-corrected chi connectivity index (χ2v) is 8.63. The van der Waals surface area contributed by atoms with Crippen LogP contribution in [0.1, 0.15) is 49.9 Å². The molecule has 0 amide bonds. The van der Waals surface area contributed by atoms with E-state index in [4.69, 9.17) is 9.73 Å². The number of anilines is 1. The third-order valence-electron chi connectivity index (χ3n) is 6.19. The summed E-state index contributed by atoms with van der Waals surface area (Å²) in [5.74, 6) is 1.93. The van der Waals surface area contributed by atoms with Crippen LogP contribution in [0.15, 0.2) is 35.6 Å². The van der Waals surface area contributed by atoms with Gasteiger partial charge in [-0.05, 0) is 50.4 Å². The summed E-state index contributed by atoms with van der Waals surface area (Å²) in [6.45, 7) is 10.5. The lowest BCUT2D eigenvalue weighted by Gasteiger charge is -2.35. The molecule has 0 bridgehead atoms. The van der Waals surface area contributed by atoms with Gasteiger partial charge >= 0.3 is 0 Å². The molecule has 2 fully saturated rings. The zero-order valence-electron chi connectivity index (χ0n) is 17.4. The van der Waals surface area contributed by atoms with Gasteiger partial charge in [0.1, 0.15) is 23.5 Å². The quantitative estimate of drug-likeness (QED) is 0.756. The van der Waals surface area contributed by atoms with Crippen molar-refractivity contribution in [2.75, 3.05) is 37.6 Å². The number of fused-ring (bicyclic) bond motifs is 1. The number of rotatable bonds is 6. The summed E-state index contributed by atoms with van der Waals surface area (Å²) >= 11 is 0. The molecule has 6 heteroatoms. The van der Waals surface area contributed by atoms with Gasteiger partial charge in [0.05, 0.1) is 18.0 Å². The molecule has 29 heavy (non-hydrogen) atoms. The zero-order valence-corrected chi connectivity index (χ0v) is 17.4. The molecule has 1 aliphatic carbocycles. The Morgan fingerprint density at radius 2 is 1.90 bits per heavy atom. The normalized spacial score (nSPS) is 20.3. The van der Waals surface area contributed by atoms with Gasteiger partial charge in [-0.15, -0.1) is 0 Å².